The number of rotatable bonds is 3. The van der Waals surface area contributed by atoms with Crippen LogP contribution in [0.4, 0.5) is 0 Å². The third-order valence-electron chi connectivity index (χ3n) is 1.50. The molecule has 0 aromatic rings. The van der Waals surface area contributed by atoms with Gasteiger partial charge < -0.3 is 5.32 Å². The van der Waals surface area contributed by atoms with Gasteiger partial charge in [-0.25, -0.2) is 0 Å². The van der Waals surface area contributed by atoms with Gasteiger partial charge in [-0.15, -0.1) is 0 Å². The number of hydrogen-bond acceptors (Lipinski definition) is 2. The molecule has 0 aliphatic carbocycles. The van der Waals surface area contributed by atoms with E-state index in [-0.39, 0.29) is 0 Å². The van der Waals surface area contributed by atoms with Crippen LogP contribution in [0.5, 0.6) is 0 Å². The molecule has 0 spiro atoms. The molecule has 0 heterocycles. The van der Waals surface area contributed by atoms with Crippen molar-refractivity contribution in [1.82, 2.24) is 5.32 Å². The first-order valence-corrected chi connectivity index (χ1v) is 3.98. The number of hydrogen-bond donors (Lipinski definition) is 1. The van der Waals surface area contributed by atoms with E-state index in [0.29, 0.717) is 6.04 Å². The topological polar surface area (TPSA) is 35.8 Å². The molecular formula is C9H16N2. The average molecular weight is 152 g/mol. The Morgan fingerprint density at radius 2 is 2.09 bits per heavy atom. The maximum Gasteiger partial charge on any atom is 0.117 e. The quantitative estimate of drug-likeness (QED) is 0.629. The Morgan fingerprint density at radius 1 is 1.55 bits per heavy atom. The Labute approximate surface area is 68.9 Å². The Balaban J connectivity index is 4.30. The van der Waals surface area contributed by atoms with Gasteiger partial charge in [0.05, 0.1) is 0 Å². The van der Waals surface area contributed by atoms with E-state index in [1.165, 1.54) is 0 Å². The second kappa shape index (κ2) is 4.79. The number of nitrogens with one attached hydrogen (secondary N) is 1. The van der Waals surface area contributed by atoms with Crippen molar-refractivity contribution in [2.24, 2.45) is 0 Å². The fraction of sp³-hybridized carbons (Fsp3) is 0.667. The van der Waals surface area contributed by atoms with E-state index in [2.05, 4.69) is 18.3 Å². The number of nitrogens with zero attached hydrogens (tertiary/aromatic N) is 1. The first-order chi connectivity index (χ1) is 5.11. The highest BCUT2D eigenvalue weighted by Gasteiger charge is 2.00. The highest BCUT2D eigenvalue weighted by atomic mass is 14.9. The van der Waals surface area contributed by atoms with Crippen molar-refractivity contribution in [2.45, 2.75) is 40.2 Å². The van der Waals surface area contributed by atoms with Gasteiger partial charge >= 0.3 is 0 Å². The molecular weight excluding hydrogens is 136 g/mol. The summed E-state index contributed by atoms with van der Waals surface area (Å²) in [6.07, 6.45) is 0.933. The van der Waals surface area contributed by atoms with Gasteiger partial charge in [-0.1, -0.05) is 6.92 Å². The third kappa shape index (κ3) is 3.67. The molecule has 0 unspecified atom stereocenters. The van der Waals surface area contributed by atoms with Crippen LogP contribution < -0.4 is 5.32 Å². The molecule has 2 heteroatoms. The van der Waals surface area contributed by atoms with Gasteiger partial charge in [-0.05, 0) is 32.8 Å². The highest BCUT2D eigenvalue weighted by molar-refractivity contribution is 5.24. The van der Waals surface area contributed by atoms with E-state index in [9.17, 15) is 0 Å². The summed E-state index contributed by atoms with van der Waals surface area (Å²) < 4.78 is 0. The van der Waals surface area contributed by atoms with Gasteiger partial charge in [0.15, 0.2) is 0 Å². The molecule has 1 N–H and O–H groups in total. The normalized spacial score (nSPS) is 12.4. The molecule has 2 nitrogen and oxygen atoms in total. The van der Waals surface area contributed by atoms with Crippen molar-refractivity contribution < 1.29 is 0 Å². The summed E-state index contributed by atoms with van der Waals surface area (Å²) in [6.45, 7) is 8.09. The molecule has 0 fully saturated rings. The van der Waals surface area contributed by atoms with Gasteiger partial charge in [0.2, 0.25) is 0 Å². The van der Waals surface area contributed by atoms with E-state index in [4.69, 9.17) is 5.26 Å². The maximum absolute atomic E-state index is 8.71. The van der Waals surface area contributed by atoms with Gasteiger partial charge in [0.1, 0.15) is 11.8 Å². The van der Waals surface area contributed by atoms with Crippen molar-refractivity contribution in [3.05, 3.63) is 11.3 Å². The van der Waals surface area contributed by atoms with Crippen LogP contribution in [0, 0.1) is 11.3 Å². The van der Waals surface area contributed by atoms with Crippen LogP contribution in [0.3, 0.4) is 0 Å². The predicted molar refractivity (Wildman–Crippen MR) is 46.9 cm³/mol. The Kier molecular flexibility index (Phi) is 4.36. The Hall–Kier alpha value is -0.970. The van der Waals surface area contributed by atoms with Gasteiger partial charge in [0, 0.05) is 6.04 Å². The minimum atomic E-state index is 0.339. The van der Waals surface area contributed by atoms with E-state index in [1.54, 1.807) is 0 Å². The minimum Gasteiger partial charge on any atom is -0.374 e. The van der Waals surface area contributed by atoms with Crippen LogP contribution in [0.1, 0.15) is 34.1 Å². The van der Waals surface area contributed by atoms with Gasteiger partial charge in [0.25, 0.3) is 0 Å². The van der Waals surface area contributed by atoms with Crippen molar-refractivity contribution >= 4 is 0 Å². The highest BCUT2D eigenvalue weighted by Crippen LogP contribution is 2.04. The van der Waals surface area contributed by atoms with Crippen LogP contribution >= 0.6 is 0 Å². The van der Waals surface area contributed by atoms with Gasteiger partial charge in [-0.2, -0.15) is 5.26 Å². The maximum atomic E-state index is 8.71. The minimum absolute atomic E-state index is 0.339. The zero-order chi connectivity index (χ0) is 8.85. The summed E-state index contributed by atoms with van der Waals surface area (Å²) in [5.74, 6) is 0. The average Bonchev–Trinajstić information content (AvgIpc) is 1.98. The molecule has 0 saturated heterocycles. The smallest absolute Gasteiger partial charge is 0.117 e. The lowest BCUT2D eigenvalue weighted by Crippen LogP contribution is -2.22. The van der Waals surface area contributed by atoms with Crippen LogP contribution in [0.25, 0.3) is 0 Å². The molecule has 0 aliphatic heterocycles. The van der Waals surface area contributed by atoms with Crippen LogP contribution in [-0.4, -0.2) is 6.04 Å². The number of nitriles is 1. The summed E-state index contributed by atoms with van der Waals surface area (Å²) in [7, 11) is 0. The molecule has 0 amide bonds. The second-order valence-corrected chi connectivity index (χ2v) is 2.92. The fourth-order valence-electron chi connectivity index (χ4n) is 0.716. The van der Waals surface area contributed by atoms with E-state index >= 15 is 0 Å². The van der Waals surface area contributed by atoms with Crippen LogP contribution in [-0.2, 0) is 0 Å². The van der Waals surface area contributed by atoms with E-state index in [0.717, 1.165) is 17.7 Å². The molecule has 0 bridgehead atoms. The Bertz CT molecular complexity index is 184. The molecule has 11 heavy (non-hydrogen) atoms. The molecule has 0 atom stereocenters. The lowest BCUT2D eigenvalue weighted by Gasteiger charge is -2.09. The van der Waals surface area contributed by atoms with Crippen molar-refractivity contribution in [3.63, 3.8) is 0 Å². The van der Waals surface area contributed by atoms with E-state index in [1.807, 2.05) is 20.8 Å². The van der Waals surface area contributed by atoms with Crippen LogP contribution in [0.2, 0.25) is 0 Å². The zero-order valence-corrected chi connectivity index (χ0v) is 7.73. The fourth-order valence-corrected chi connectivity index (χ4v) is 0.716. The summed E-state index contributed by atoms with van der Waals surface area (Å²) in [6, 6.07) is 2.49. The van der Waals surface area contributed by atoms with Crippen molar-refractivity contribution in [1.29, 1.82) is 5.26 Å². The lowest BCUT2D eigenvalue weighted by atomic mass is 10.2. The molecule has 62 valence electrons. The first-order valence-electron chi connectivity index (χ1n) is 3.98. The first kappa shape index (κ1) is 10.0. The summed E-state index contributed by atoms with van der Waals surface area (Å²) >= 11 is 0. The lowest BCUT2D eigenvalue weighted by molar-refractivity contribution is 0.675. The van der Waals surface area contributed by atoms with Gasteiger partial charge in [-0.3, -0.25) is 0 Å². The largest absolute Gasteiger partial charge is 0.374 e. The summed E-state index contributed by atoms with van der Waals surface area (Å²) in [5, 5.41) is 11.8. The standard InChI is InChI=1S/C9H16N2/c1-5-8(4)9(6-10)11-7(2)3/h7,11H,5H2,1-4H3. The molecule has 0 radical (unpaired) electrons. The summed E-state index contributed by atoms with van der Waals surface area (Å²) in [5.41, 5.74) is 1.85. The zero-order valence-electron chi connectivity index (χ0n) is 7.73. The number of allylic oxidation sites excluding steroid dienone is 2. The van der Waals surface area contributed by atoms with E-state index < -0.39 is 0 Å². The summed E-state index contributed by atoms with van der Waals surface area (Å²) in [4.78, 5) is 0. The molecule has 0 saturated carbocycles. The van der Waals surface area contributed by atoms with Crippen molar-refractivity contribution in [2.75, 3.05) is 0 Å². The van der Waals surface area contributed by atoms with Crippen LogP contribution in [0.15, 0.2) is 11.3 Å². The third-order valence-corrected chi connectivity index (χ3v) is 1.50. The Morgan fingerprint density at radius 3 is 2.36 bits per heavy atom. The predicted octanol–water partition coefficient (Wildman–Crippen LogP) is 2.19. The SMILES string of the molecule is CCC(C)=C(C#N)NC(C)C. The molecule has 0 rings (SSSR count). The molecule has 0 aromatic carbocycles. The second-order valence-electron chi connectivity index (χ2n) is 2.92. The van der Waals surface area contributed by atoms with Crippen molar-refractivity contribution in [3.8, 4) is 6.07 Å². The molecule has 0 aliphatic rings. The monoisotopic (exact) mass is 152 g/mol. The molecule has 0 aromatic heterocycles.